The van der Waals surface area contributed by atoms with Crippen molar-refractivity contribution in [2.24, 2.45) is 35.5 Å². The van der Waals surface area contributed by atoms with Crippen molar-refractivity contribution in [1.29, 1.82) is 0 Å². The Balaban J connectivity index is 1.72. The van der Waals surface area contributed by atoms with E-state index in [-0.39, 0.29) is 76.4 Å². The van der Waals surface area contributed by atoms with Crippen molar-refractivity contribution in [3.05, 3.63) is 70.1 Å². The van der Waals surface area contributed by atoms with Crippen LogP contribution in [0.4, 0.5) is 17.6 Å². The normalized spacial score (nSPS) is 13.1. The van der Waals surface area contributed by atoms with Crippen molar-refractivity contribution >= 4 is 39.8 Å². The second kappa shape index (κ2) is 14.1. The summed E-state index contributed by atoms with van der Waals surface area (Å²) in [5.74, 6) is -12.4. The van der Waals surface area contributed by atoms with E-state index in [2.05, 4.69) is 15.1 Å². The molecule has 0 aliphatic heterocycles. The molecule has 0 bridgehead atoms. The van der Waals surface area contributed by atoms with Crippen molar-refractivity contribution in [3.8, 4) is 5.75 Å². The molecule has 0 unspecified atom stereocenters. The van der Waals surface area contributed by atoms with Crippen LogP contribution in [0.2, 0.25) is 0 Å². The summed E-state index contributed by atoms with van der Waals surface area (Å²) in [5.41, 5.74) is 11.0. The van der Waals surface area contributed by atoms with Gasteiger partial charge in [0.05, 0.1) is 41.9 Å². The number of carbonyl (C=O) groups is 3. The van der Waals surface area contributed by atoms with E-state index in [4.69, 9.17) is 16.2 Å². The Morgan fingerprint density at radius 2 is 1.50 bits per heavy atom. The van der Waals surface area contributed by atoms with Crippen LogP contribution in [0.5, 0.6) is 5.75 Å². The molecule has 3 amide bonds. The summed E-state index contributed by atoms with van der Waals surface area (Å²) in [6.07, 6.45) is 0.105. The fourth-order valence-corrected chi connectivity index (χ4v) is 6.03. The van der Waals surface area contributed by atoms with Crippen LogP contribution in [0.3, 0.4) is 0 Å². The maximum Gasteiger partial charge on any atom is 0.329 e. The van der Waals surface area contributed by atoms with E-state index in [0.717, 1.165) is 15.2 Å². The number of benzene rings is 2. The maximum absolute atomic E-state index is 16.4. The van der Waals surface area contributed by atoms with Gasteiger partial charge in [-0.25, -0.2) is 0 Å². The lowest BCUT2D eigenvalue weighted by atomic mass is 10.1. The molecule has 3 heterocycles. The van der Waals surface area contributed by atoms with Crippen LogP contribution in [-0.4, -0.2) is 83.0 Å². The number of fused-ring (bicyclic) bond motifs is 2. The van der Waals surface area contributed by atoms with Gasteiger partial charge in [0.1, 0.15) is 17.0 Å². The Bertz CT molecular complexity index is 2360. The zero-order valence-corrected chi connectivity index (χ0v) is 29.0. The first-order valence-corrected chi connectivity index (χ1v) is 16.0. The van der Waals surface area contributed by atoms with Crippen LogP contribution in [0.1, 0.15) is 50.2 Å². The summed E-state index contributed by atoms with van der Waals surface area (Å²) < 4.78 is 76.4. The van der Waals surface area contributed by atoms with E-state index < -0.39 is 48.3 Å². The van der Waals surface area contributed by atoms with Gasteiger partial charge in [0.25, 0.3) is 5.91 Å². The number of nitrogens with zero attached hydrogens (tertiary/aromatic N) is 8. The number of hydrogen-bond acceptors (Lipinski definition) is 7. The number of amides is 3. The number of nitrogens with two attached hydrogens (primary N) is 2. The SMILES string of the molecule is CCn1nc(C)cc1C(=O)/N=c1\n(C)c2cc(C(N)=O)cc(OCCCO)c2n1CC(F)(F)C(F)(F)Cn1/c(=N/C)n(C)c2cc(C(N)=O)ccc21. The van der Waals surface area contributed by atoms with Gasteiger partial charge in [0, 0.05) is 51.8 Å². The Morgan fingerprint density at radius 3 is 2.10 bits per heavy atom. The topological polar surface area (TPSA) is 195 Å². The van der Waals surface area contributed by atoms with Crippen LogP contribution in [-0.2, 0) is 33.7 Å². The predicted octanol–water partition coefficient (Wildman–Crippen LogP) is 2.00. The molecule has 0 atom stereocenters. The molecule has 0 radical (unpaired) electrons. The Labute approximate surface area is 293 Å². The van der Waals surface area contributed by atoms with Gasteiger partial charge >= 0.3 is 11.8 Å². The molecule has 0 aliphatic rings. The number of halogens is 4. The van der Waals surface area contributed by atoms with Crippen LogP contribution in [0, 0.1) is 6.92 Å². The number of ether oxygens (including phenoxy) is 1. The lowest BCUT2D eigenvalue weighted by Gasteiger charge is -2.28. The number of alkyl halides is 4. The minimum atomic E-state index is -4.83. The molecule has 0 fully saturated rings. The van der Waals surface area contributed by atoms with Crippen LogP contribution < -0.4 is 27.4 Å². The van der Waals surface area contributed by atoms with Gasteiger partial charge in [-0.05, 0) is 50.2 Å². The Morgan fingerprint density at radius 1 is 0.885 bits per heavy atom. The van der Waals surface area contributed by atoms with Gasteiger partial charge in [0.15, 0.2) is 0 Å². The highest BCUT2D eigenvalue weighted by atomic mass is 19.3. The molecule has 0 aliphatic carbocycles. The second-order valence-electron chi connectivity index (χ2n) is 12.1. The van der Waals surface area contributed by atoms with Gasteiger partial charge in [-0.1, -0.05) is 0 Å². The van der Waals surface area contributed by atoms with E-state index in [0.29, 0.717) is 5.69 Å². The molecule has 0 spiro atoms. The fraction of sp³-hybridized carbons (Fsp3) is 0.394. The number of rotatable bonds is 13. The van der Waals surface area contributed by atoms with Crippen molar-refractivity contribution in [2.45, 2.75) is 51.7 Å². The monoisotopic (exact) mass is 730 g/mol. The number of aromatic nitrogens is 6. The molecule has 2 aromatic carbocycles. The van der Waals surface area contributed by atoms with E-state index in [9.17, 15) is 19.5 Å². The summed E-state index contributed by atoms with van der Waals surface area (Å²) in [6.45, 7) is -0.0454. The highest BCUT2D eigenvalue weighted by Gasteiger charge is 2.57. The first kappa shape index (κ1) is 37.5. The molecule has 15 nitrogen and oxygen atoms in total. The fourth-order valence-electron chi connectivity index (χ4n) is 6.03. The molecular weight excluding hydrogens is 692 g/mol. The predicted molar refractivity (Wildman–Crippen MR) is 180 cm³/mol. The maximum atomic E-state index is 16.4. The summed E-state index contributed by atoms with van der Waals surface area (Å²) in [5, 5.41) is 13.6. The summed E-state index contributed by atoms with van der Waals surface area (Å²) in [7, 11) is 4.13. The average molecular weight is 731 g/mol. The first-order valence-electron chi connectivity index (χ1n) is 16.0. The van der Waals surface area contributed by atoms with Gasteiger partial charge in [-0.15, -0.1) is 0 Å². The quantitative estimate of drug-likeness (QED) is 0.122. The van der Waals surface area contributed by atoms with E-state index in [1.54, 1.807) is 13.8 Å². The number of primary amides is 2. The zero-order chi connectivity index (χ0) is 38.3. The lowest BCUT2D eigenvalue weighted by molar-refractivity contribution is -0.221. The second-order valence-corrected chi connectivity index (χ2v) is 12.1. The molecule has 5 rings (SSSR count). The van der Waals surface area contributed by atoms with Crippen LogP contribution in [0.25, 0.3) is 22.1 Å². The standard InChI is InChI=1S/C33H38F4N10O5/c1-6-47-24(12-18(2)42-47)29(51)41-31-44(5)23-14-20(28(39)50)15-25(52-11-7-10-48)26(23)46(31)17-33(36,37)32(34,35)16-45-21-9-8-19(27(38)49)13-22(21)43(4)30(45)40-3/h8-9,12-15,48H,6-7,10-11,16-17H2,1-5H3,(H2,38,49)(H2,39,50)/b40-30+,41-31+. The minimum absolute atomic E-state index is 0.0156. The number of hydrogen-bond donors (Lipinski definition) is 3. The number of aryl methyl sites for hydroxylation is 4. The molecule has 0 saturated heterocycles. The smallest absolute Gasteiger partial charge is 0.329 e. The largest absolute Gasteiger partial charge is 0.491 e. The summed E-state index contributed by atoms with van der Waals surface area (Å²) in [6, 6.07) is 7.81. The van der Waals surface area contributed by atoms with E-state index in [1.165, 1.54) is 65.3 Å². The molecule has 5 N–H and O–H groups in total. The highest BCUT2D eigenvalue weighted by Crippen LogP contribution is 2.39. The minimum Gasteiger partial charge on any atom is -0.491 e. The van der Waals surface area contributed by atoms with E-state index in [1.807, 2.05) is 0 Å². The Hall–Kier alpha value is -5.72. The summed E-state index contributed by atoms with van der Waals surface area (Å²) in [4.78, 5) is 45.8. The Kier molecular flexibility index (Phi) is 10.2. The molecule has 3 aromatic heterocycles. The molecule has 278 valence electrons. The number of carbonyl (C=O) groups excluding carboxylic acids is 3. The van der Waals surface area contributed by atoms with Crippen molar-refractivity contribution in [1.82, 2.24) is 28.0 Å². The van der Waals surface area contributed by atoms with Gasteiger partial charge in [-0.2, -0.15) is 27.7 Å². The zero-order valence-electron chi connectivity index (χ0n) is 29.0. The lowest BCUT2D eigenvalue weighted by Crippen LogP contribution is -2.49. The molecule has 5 aromatic rings. The first-order chi connectivity index (χ1) is 24.5. The molecule has 52 heavy (non-hydrogen) atoms. The molecule has 19 heteroatoms. The van der Waals surface area contributed by atoms with Crippen molar-refractivity contribution < 1.29 is 41.8 Å². The summed E-state index contributed by atoms with van der Waals surface area (Å²) >= 11 is 0. The number of aliphatic hydroxyl groups excluding tert-OH is 1. The average Bonchev–Trinajstić information content (AvgIpc) is 3.69. The number of imidazole rings is 2. The number of aliphatic hydroxyl groups is 1. The van der Waals surface area contributed by atoms with Crippen LogP contribution in [0.15, 0.2) is 46.4 Å². The van der Waals surface area contributed by atoms with Crippen molar-refractivity contribution in [2.75, 3.05) is 20.3 Å². The van der Waals surface area contributed by atoms with Gasteiger partial charge in [0.2, 0.25) is 23.1 Å². The molecular formula is C33H38F4N10O5. The molecule has 0 saturated carbocycles. The highest BCUT2D eigenvalue weighted by molar-refractivity contribution is 5.99. The van der Waals surface area contributed by atoms with Crippen molar-refractivity contribution in [3.63, 3.8) is 0 Å². The third-order valence-corrected chi connectivity index (χ3v) is 8.60. The van der Waals surface area contributed by atoms with Gasteiger partial charge in [-0.3, -0.25) is 24.1 Å². The third-order valence-electron chi connectivity index (χ3n) is 8.60. The van der Waals surface area contributed by atoms with Gasteiger partial charge < -0.3 is 39.6 Å². The third kappa shape index (κ3) is 6.70. The van der Waals surface area contributed by atoms with E-state index >= 15 is 17.6 Å². The van der Waals surface area contributed by atoms with Crippen LogP contribution >= 0.6 is 0 Å².